The predicted octanol–water partition coefficient (Wildman–Crippen LogP) is 2.34. The molecule has 1 N–H and O–H groups in total. The van der Waals surface area contributed by atoms with Gasteiger partial charge in [0.15, 0.2) is 0 Å². The van der Waals surface area contributed by atoms with E-state index in [1.54, 1.807) is 0 Å². The van der Waals surface area contributed by atoms with Gasteiger partial charge in [-0.2, -0.15) is 0 Å². The van der Waals surface area contributed by atoms with Gasteiger partial charge in [0.05, 0.1) is 6.10 Å². The molecule has 1 atom stereocenters. The molecule has 0 aromatic heterocycles. The van der Waals surface area contributed by atoms with Gasteiger partial charge in [0.2, 0.25) is 0 Å². The van der Waals surface area contributed by atoms with Crippen molar-refractivity contribution in [2.45, 2.75) is 51.0 Å². The van der Waals surface area contributed by atoms with E-state index in [2.05, 4.69) is 0 Å². The topological polar surface area (TPSA) is 20.2 Å². The van der Waals surface area contributed by atoms with Crippen molar-refractivity contribution in [1.82, 2.24) is 0 Å². The average Bonchev–Trinajstić information content (AvgIpc) is 2.73. The Bertz CT molecular complexity index is 123. The molecule has 0 radical (unpaired) electrons. The van der Waals surface area contributed by atoms with Crippen molar-refractivity contribution in [2.75, 3.05) is 0 Å². The molecule has 1 heteroatoms. The highest BCUT2D eigenvalue weighted by Gasteiger charge is 2.31. The molecule has 0 aromatic carbocycles. The van der Waals surface area contributed by atoms with Crippen LogP contribution in [0.15, 0.2) is 0 Å². The Labute approximate surface area is 68.8 Å². The fourth-order valence-corrected chi connectivity index (χ4v) is 2.26. The van der Waals surface area contributed by atoms with E-state index in [-0.39, 0.29) is 6.10 Å². The lowest BCUT2D eigenvalue weighted by molar-refractivity contribution is 0.121. The van der Waals surface area contributed by atoms with E-state index in [0.29, 0.717) is 5.92 Å². The smallest absolute Gasteiger partial charge is 0.0571 e. The molecule has 0 bridgehead atoms. The summed E-state index contributed by atoms with van der Waals surface area (Å²) < 4.78 is 0. The van der Waals surface area contributed by atoms with E-state index in [9.17, 15) is 5.11 Å². The van der Waals surface area contributed by atoms with Crippen molar-refractivity contribution in [3.05, 3.63) is 0 Å². The van der Waals surface area contributed by atoms with Crippen molar-refractivity contribution >= 4 is 0 Å². The number of hydrogen-bond acceptors (Lipinski definition) is 1. The Morgan fingerprint density at radius 1 is 1.09 bits per heavy atom. The van der Waals surface area contributed by atoms with Gasteiger partial charge in [0, 0.05) is 0 Å². The second-order valence-corrected chi connectivity index (χ2v) is 4.29. The second kappa shape index (κ2) is 3.14. The third kappa shape index (κ3) is 1.96. The highest BCUT2D eigenvalue weighted by atomic mass is 16.3. The summed E-state index contributed by atoms with van der Waals surface area (Å²) in [5.41, 5.74) is 0. The molecule has 2 saturated carbocycles. The van der Waals surface area contributed by atoms with Crippen LogP contribution in [0.1, 0.15) is 44.9 Å². The van der Waals surface area contributed by atoms with E-state index in [1.165, 1.54) is 38.5 Å². The van der Waals surface area contributed by atoms with Crippen LogP contribution in [0.4, 0.5) is 0 Å². The van der Waals surface area contributed by atoms with Gasteiger partial charge in [-0.05, 0) is 31.1 Å². The largest absolute Gasteiger partial charge is 0.393 e. The van der Waals surface area contributed by atoms with E-state index in [0.717, 1.165) is 12.3 Å². The standard InChI is InChI=1S/C10H18O/c11-10(9-5-6-9)7-8-3-1-2-4-8/h8-11H,1-7H2. The minimum absolute atomic E-state index is 0.0538. The van der Waals surface area contributed by atoms with E-state index in [4.69, 9.17) is 0 Å². The first-order valence-electron chi connectivity index (χ1n) is 5.04. The zero-order chi connectivity index (χ0) is 7.68. The van der Waals surface area contributed by atoms with Crippen LogP contribution in [0.25, 0.3) is 0 Å². The van der Waals surface area contributed by atoms with Crippen molar-refractivity contribution in [2.24, 2.45) is 11.8 Å². The van der Waals surface area contributed by atoms with Gasteiger partial charge in [-0.15, -0.1) is 0 Å². The Hall–Kier alpha value is -0.0400. The molecule has 0 aromatic rings. The first-order valence-corrected chi connectivity index (χ1v) is 5.04. The molecule has 0 amide bonds. The minimum Gasteiger partial charge on any atom is -0.393 e. The van der Waals surface area contributed by atoms with Gasteiger partial charge in [-0.25, -0.2) is 0 Å². The lowest BCUT2D eigenvalue weighted by Gasteiger charge is -2.13. The molecule has 11 heavy (non-hydrogen) atoms. The first kappa shape index (κ1) is 7.60. The normalized spacial score (nSPS) is 29.2. The van der Waals surface area contributed by atoms with Gasteiger partial charge in [-0.3, -0.25) is 0 Å². The molecular formula is C10H18O. The Balaban J connectivity index is 1.70. The Morgan fingerprint density at radius 3 is 2.27 bits per heavy atom. The summed E-state index contributed by atoms with van der Waals surface area (Å²) in [5, 5.41) is 9.65. The highest BCUT2D eigenvalue weighted by molar-refractivity contribution is 4.83. The number of hydrogen-bond donors (Lipinski definition) is 1. The monoisotopic (exact) mass is 154 g/mol. The molecular weight excluding hydrogens is 136 g/mol. The predicted molar refractivity (Wildman–Crippen MR) is 45.3 cm³/mol. The van der Waals surface area contributed by atoms with Crippen LogP contribution in [-0.4, -0.2) is 11.2 Å². The van der Waals surface area contributed by atoms with Crippen molar-refractivity contribution in [1.29, 1.82) is 0 Å². The SMILES string of the molecule is OC(CC1CCCC1)C1CC1. The molecule has 1 unspecified atom stereocenters. The summed E-state index contributed by atoms with van der Waals surface area (Å²) >= 11 is 0. The van der Waals surface area contributed by atoms with Crippen molar-refractivity contribution < 1.29 is 5.11 Å². The van der Waals surface area contributed by atoms with Crippen molar-refractivity contribution in [3.8, 4) is 0 Å². The summed E-state index contributed by atoms with van der Waals surface area (Å²) in [6.07, 6.45) is 9.29. The maximum absolute atomic E-state index is 9.65. The third-order valence-electron chi connectivity index (χ3n) is 3.22. The molecule has 2 aliphatic carbocycles. The first-order chi connectivity index (χ1) is 5.36. The van der Waals surface area contributed by atoms with Gasteiger partial charge in [-0.1, -0.05) is 25.7 Å². The molecule has 0 heterocycles. The average molecular weight is 154 g/mol. The molecule has 1 nitrogen and oxygen atoms in total. The molecule has 2 aliphatic rings. The van der Waals surface area contributed by atoms with E-state index >= 15 is 0 Å². The quantitative estimate of drug-likeness (QED) is 0.661. The zero-order valence-corrected chi connectivity index (χ0v) is 7.13. The lowest BCUT2D eigenvalue weighted by Crippen LogP contribution is -2.13. The Kier molecular flexibility index (Phi) is 2.17. The Morgan fingerprint density at radius 2 is 1.73 bits per heavy atom. The van der Waals surface area contributed by atoms with Gasteiger partial charge >= 0.3 is 0 Å². The van der Waals surface area contributed by atoms with Crippen LogP contribution in [0.3, 0.4) is 0 Å². The minimum atomic E-state index is 0.0538. The summed E-state index contributed by atoms with van der Waals surface area (Å²) in [5.74, 6) is 1.56. The fraction of sp³-hybridized carbons (Fsp3) is 1.00. The van der Waals surface area contributed by atoms with E-state index in [1.807, 2.05) is 0 Å². The summed E-state index contributed by atoms with van der Waals surface area (Å²) in [6.45, 7) is 0. The van der Waals surface area contributed by atoms with Gasteiger partial charge in [0.25, 0.3) is 0 Å². The third-order valence-corrected chi connectivity index (χ3v) is 3.22. The maximum atomic E-state index is 9.65. The highest BCUT2D eigenvalue weighted by Crippen LogP contribution is 2.38. The van der Waals surface area contributed by atoms with Crippen LogP contribution in [0.5, 0.6) is 0 Å². The lowest BCUT2D eigenvalue weighted by atomic mass is 9.98. The summed E-state index contributed by atoms with van der Waals surface area (Å²) in [4.78, 5) is 0. The molecule has 64 valence electrons. The molecule has 2 fully saturated rings. The number of aliphatic hydroxyl groups excluding tert-OH is 1. The summed E-state index contributed by atoms with van der Waals surface area (Å²) in [7, 11) is 0. The fourth-order valence-electron chi connectivity index (χ4n) is 2.26. The maximum Gasteiger partial charge on any atom is 0.0571 e. The van der Waals surface area contributed by atoms with Crippen LogP contribution in [0.2, 0.25) is 0 Å². The van der Waals surface area contributed by atoms with Gasteiger partial charge < -0.3 is 5.11 Å². The molecule has 2 rings (SSSR count). The van der Waals surface area contributed by atoms with Gasteiger partial charge in [0.1, 0.15) is 0 Å². The van der Waals surface area contributed by atoms with Crippen LogP contribution < -0.4 is 0 Å². The van der Waals surface area contributed by atoms with Crippen LogP contribution >= 0.6 is 0 Å². The van der Waals surface area contributed by atoms with Crippen molar-refractivity contribution in [3.63, 3.8) is 0 Å². The number of rotatable bonds is 3. The summed E-state index contributed by atoms with van der Waals surface area (Å²) in [6, 6.07) is 0. The molecule has 0 spiro atoms. The zero-order valence-electron chi connectivity index (χ0n) is 7.13. The van der Waals surface area contributed by atoms with E-state index < -0.39 is 0 Å². The molecule has 0 saturated heterocycles. The number of aliphatic hydroxyl groups is 1. The molecule has 0 aliphatic heterocycles. The van der Waals surface area contributed by atoms with Crippen LogP contribution in [0, 0.1) is 11.8 Å². The van der Waals surface area contributed by atoms with Crippen LogP contribution in [-0.2, 0) is 0 Å². The second-order valence-electron chi connectivity index (χ2n) is 4.29.